The van der Waals surface area contributed by atoms with E-state index in [0.29, 0.717) is 24.1 Å². The number of hydrogen-bond acceptors (Lipinski definition) is 10. The number of nitrogens with one attached hydrogen (secondary N) is 2. The van der Waals surface area contributed by atoms with E-state index in [0.717, 1.165) is 48.4 Å². The van der Waals surface area contributed by atoms with E-state index in [-0.39, 0.29) is 29.1 Å². The number of anilines is 1. The minimum absolute atomic E-state index is 0.0532. The highest BCUT2D eigenvalue weighted by molar-refractivity contribution is 5.93. The SMILES string of the molecule is CC(C)(Cc1cc2c(cc1N1CCCC(NC(=O)OC(C)(C)C)C1)OC(C)(C)C2)NC(=O)c1coc(-c2ccnc(OC(N)=O)c2C(C)(C)C)n1. The molecule has 0 saturated carbocycles. The van der Waals surface area contributed by atoms with Gasteiger partial charge in [-0.15, -0.1) is 0 Å². The molecule has 2 aliphatic rings. The minimum Gasteiger partial charge on any atom is -0.487 e. The number of pyridine rings is 1. The van der Waals surface area contributed by atoms with Crippen molar-refractivity contribution in [3.8, 4) is 23.1 Å². The molecule has 2 aromatic heterocycles. The monoisotopic (exact) mass is 704 g/mol. The van der Waals surface area contributed by atoms with E-state index in [1.807, 2.05) is 55.4 Å². The van der Waals surface area contributed by atoms with Gasteiger partial charge in [-0.3, -0.25) is 4.79 Å². The maximum atomic E-state index is 13.7. The van der Waals surface area contributed by atoms with Crippen molar-refractivity contribution in [3.63, 3.8) is 0 Å². The number of carbonyl (C=O) groups is 3. The summed E-state index contributed by atoms with van der Waals surface area (Å²) in [7, 11) is 0. The number of hydrogen-bond donors (Lipinski definition) is 3. The number of piperidine rings is 1. The Morgan fingerprint density at radius 1 is 1.10 bits per heavy atom. The lowest BCUT2D eigenvalue weighted by atomic mass is 9.84. The van der Waals surface area contributed by atoms with Crippen LogP contribution in [0.25, 0.3) is 11.5 Å². The molecule has 0 radical (unpaired) electrons. The van der Waals surface area contributed by atoms with Crippen molar-refractivity contribution in [1.82, 2.24) is 20.6 Å². The lowest BCUT2D eigenvalue weighted by Gasteiger charge is -2.37. The standard InChI is InChI=1S/C38H52N6O7/c1-35(2,3)29-25(13-14-40-32(29)49-33(39)46)31-42-26(21-48-31)30(45)43-37(7,8)18-22-16-23-19-38(9,10)50-28(23)17-27(22)44-15-11-12-24(20-44)41-34(47)51-36(4,5)6/h13-14,16-17,21,24H,11-12,15,18-20H2,1-10H3,(H2,39,46)(H,41,47)(H,43,45). The Kier molecular flexibility index (Phi) is 10.1. The van der Waals surface area contributed by atoms with Crippen molar-refractivity contribution >= 4 is 23.8 Å². The molecule has 13 nitrogen and oxygen atoms in total. The molecule has 0 spiro atoms. The summed E-state index contributed by atoms with van der Waals surface area (Å²) in [6, 6.07) is 5.91. The number of ether oxygens (including phenoxy) is 3. The molecule has 276 valence electrons. The van der Waals surface area contributed by atoms with Crippen molar-refractivity contribution < 1.29 is 33.0 Å². The van der Waals surface area contributed by atoms with Crippen molar-refractivity contribution in [1.29, 1.82) is 0 Å². The van der Waals surface area contributed by atoms with E-state index in [1.54, 1.807) is 6.07 Å². The molecule has 1 unspecified atom stereocenters. The van der Waals surface area contributed by atoms with Gasteiger partial charge in [0.25, 0.3) is 5.91 Å². The highest BCUT2D eigenvalue weighted by Gasteiger charge is 2.35. The molecule has 0 bridgehead atoms. The van der Waals surface area contributed by atoms with Crippen LogP contribution in [0.5, 0.6) is 11.6 Å². The molecule has 3 aromatic rings. The molecule has 3 amide bonds. The number of nitrogens with zero attached hydrogens (tertiary/aromatic N) is 3. The summed E-state index contributed by atoms with van der Waals surface area (Å²) in [5.74, 6) is 0.690. The molecule has 0 aliphatic carbocycles. The Hall–Kier alpha value is -4.81. The van der Waals surface area contributed by atoms with Gasteiger partial charge in [0.2, 0.25) is 11.8 Å². The van der Waals surface area contributed by atoms with E-state index < -0.39 is 34.6 Å². The number of benzene rings is 1. The third-order valence-corrected chi connectivity index (χ3v) is 8.66. The maximum absolute atomic E-state index is 13.7. The summed E-state index contributed by atoms with van der Waals surface area (Å²) < 4.78 is 22.9. The van der Waals surface area contributed by atoms with Crippen LogP contribution >= 0.6 is 0 Å². The predicted molar refractivity (Wildman–Crippen MR) is 193 cm³/mol. The summed E-state index contributed by atoms with van der Waals surface area (Å²) >= 11 is 0. The number of carbonyl (C=O) groups excluding carboxylic acids is 3. The smallest absolute Gasteiger partial charge is 0.411 e. The van der Waals surface area contributed by atoms with Crippen LogP contribution in [0.2, 0.25) is 0 Å². The minimum atomic E-state index is -0.986. The van der Waals surface area contributed by atoms with Crippen molar-refractivity contribution in [2.24, 2.45) is 5.73 Å². The summed E-state index contributed by atoms with van der Waals surface area (Å²) in [6.07, 6.45) is 4.39. The van der Waals surface area contributed by atoms with E-state index in [4.69, 9.17) is 24.4 Å². The Morgan fingerprint density at radius 2 is 1.82 bits per heavy atom. The summed E-state index contributed by atoms with van der Waals surface area (Å²) in [5, 5.41) is 6.21. The van der Waals surface area contributed by atoms with Crippen LogP contribution in [-0.2, 0) is 23.0 Å². The zero-order chi connectivity index (χ0) is 37.5. The topological polar surface area (TPSA) is 171 Å². The number of rotatable bonds is 8. The molecule has 51 heavy (non-hydrogen) atoms. The molecule has 13 heteroatoms. The van der Waals surface area contributed by atoms with Crippen molar-refractivity contribution in [3.05, 3.63) is 53.0 Å². The van der Waals surface area contributed by atoms with E-state index in [1.165, 1.54) is 12.5 Å². The second-order valence-corrected chi connectivity index (χ2v) is 16.8. The highest BCUT2D eigenvalue weighted by atomic mass is 16.6. The van der Waals surface area contributed by atoms with Crippen molar-refractivity contribution in [2.45, 2.75) is 123 Å². The second kappa shape index (κ2) is 13.7. The molecule has 1 saturated heterocycles. The van der Waals surface area contributed by atoms with Crippen molar-refractivity contribution in [2.75, 3.05) is 18.0 Å². The predicted octanol–water partition coefficient (Wildman–Crippen LogP) is 6.45. The average molecular weight is 705 g/mol. The number of amides is 3. The first-order valence-electron chi connectivity index (χ1n) is 17.4. The number of nitrogens with two attached hydrogens (primary N) is 1. The lowest BCUT2D eigenvalue weighted by molar-refractivity contribution is 0.0499. The zero-order valence-corrected chi connectivity index (χ0v) is 31.5. The van der Waals surface area contributed by atoms with Gasteiger partial charge in [-0.05, 0) is 96.4 Å². The lowest BCUT2D eigenvalue weighted by Crippen LogP contribution is -2.49. The normalized spacial score (nSPS) is 17.3. The van der Waals surface area contributed by atoms with Crippen LogP contribution in [-0.4, -0.2) is 63.9 Å². The number of fused-ring (bicyclic) bond motifs is 1. The fourth-order valence-corrected chi connectivity index (χ4v) is 6.83. The van der Waals surface area contributed by atoms with Crippen LogP contribution in [0.1, 0.15) is 109 Å². The molecular formula is C38H52N6O7. The first-order valence-corrected chi connectivity index (χ1v) is 17.4. The van der Waals surface area contributed by atoms with Crippen LogP contribution < -0.4 is 30.7 Å². The highest BCUT2D eigenvalue weighted by Crippen LogP contribution is 2.41. The van der Waals surface area contributed by atoms with Crippen LogP contribution in [0, 0.1) is 0 Å². The second-order valence-electron chi connectivity index (χ2n) is 16.8. The fraction of sp³-hybridized carbons (Fsp3) is 0.553. The van der Waals surface area contributed by atoms with Crippen LogP contribution in [0.3, 0.4) is 0 Å². The van der Waals surface area contributed by atoms with Gasteiger partial charge in [0.15, 0.2) is 5.69 Å². The summed E-state index contributed by atoms with van der Waals surface area (Å²) in [4.78, 5) is 48.9. The summed E-state index contributed by atoms with van der Waals surface area (Å²) in [5.41, 5.74) is 7.54. The number of alkyl carbamates (subject to hydrolysis) is 1. The fourth-order valence-electron chi connectivity index (χ4n) is 6.83. The molecule has 1 atom stereocenters. The van der Waals surface area contributed by atoms with Gasteiger partial charge >= 0.3 is 12.2 Å². The van der Waals surface area contributed by atoms with E-state index in [2.05, 4.69) is 51.5 Å². The largest absolute Gasteiger partial charge is 0.487 e. The third-order valence-electron chi connectivity index (χ3n) is 8.66. The molecule has 4 heterocycles. The Bertz CT molecular complexity index is 1800. The first kappa shape index (κ1) is 37.4. The van der Waals surface area contributed by atoms with E-state index in [9.17, 15) is 14.4 Å². The van der Waals surface area contributed by atoms with Gasteiger partial charge in [-0.25, -0.2) is 19.6 Å². The number of aromatic nitrogens is 2. The van der Waals surface area contributed by atoms with Gasteiger partial charge < -0.3 is 39.9 Å². The zero-order valence-electron chi connectivity index (χ0n) is 31.5. The maximum Gasteiger partial charge on any atom is 0.411 e. The summed E-state index contributed by atoms with van der Waals surface area (Å²) in [6.45, 7) is 20.9. The first-order chi connectivity index (χ1) is 23.6. The van der Waals surface area contributed by atoms with Gasteiger partial charge in [0.1, 0.15) is 23.2 Å². The van der Waals surface area contributed by atoms with Gasteiger partial charge in [0, 0.05) is 60.2 Å². The van der Waals surface area contributed by atoms with Gasteiger partial charge in [0.05, 0.1) is 0 Å². The van der Waals surface area contributed by atoms with Gasteiger partial charge in [-0.2, -0.15) is 0 Å². The number of oxazole rings is 1. The molecule has 5 rings (SSSR count). The van der Waals surface area contributed by atoms with Crippen LogP contribution in [0.4, 0.5) is 15.3 Å². The molecule has 2 aliphatic heterocycles. The van der Waals surface area contributed by atoms with E-state index >= 15 is 0 Å². The quantitative estimate of drug-likeness (QED) is 0.237. The molecule has 1 aromatic carbocycles. The molecular weight excluding hydrogens is 652 g/mol. The Morgan fingerprint density at radius 3 is 2.49 bits per heavy atom. The average Bonchev–Trinajstić information content (AvgIpc) is 3.58. The molecule has 1 fully saturated rings. The Labute approximate surface area is 300 Å². The third kappa shape index (κ3) is 9.30. The molecule has 4 N–H and O–H groups in total. The van der Waals surface area contributed by atoms with Crippen LogP contribution in [0.15, 0.2) is 35.1 Å². The Balaban J connectivity index is 1.38. The van der Waals surface area contributed by atoms with Gasteiger partial charge in [-0.1, -0.05) is 20.8 Å². The number of primary amides is 1.